The molecule has 3 rings (SSSR count). The van der Waals surface area contributed by atoms with Crippen LogP contribution in [0.15, 0.2) is 0 Å². The molecule has 92 valence electrons. The third kappa shape index (κ3) is 2.12. The lowest BCUT2D eigenvalue weighted by Gasteiger charge is -2.41. The highest BCUT2D eigenvalue weighted by atomic mass is 16.5. The number of nitrogens with zero attached hydrogens (tertiary/aromatic N) is 1. The zero-order valence-electron chi connectivity index (χ0n) is 9.82. The molecule has 0 amide bonds. The van der Waals surface area contributed by atoms with E-state index in [1.54, 1.807) is 0 Å². The molecule has 3 saturated heterocycles. The van der Waals surface area contributed by atoms with E-state index < -0.39 is 0 Å². The zero-order chi connectivity index (χ0) is 11.0. The van der Waals surface area contributed by atoms with Crippen molar-refractivity contribution in [1.82, 2.24) is 10.2 Å². The normalized spacial score (nSPS) is 44.8. The van der Waals surface area contributed by atoms with E-state index in [4.69, 9.17) is 4.74 Å². The van der Waals surface area contributed by atoms with Crippen LogP contribution >= 0.6 is 0 Å². The van der Waals surface area contributed by atoms with Crippen LogP contribution in [-0.2, 0) is 4.74 Å². The Morgan fingerprint density at radius 2 is 2.19 bits per heavy atom. The van der Waals surface area contributed by atoms with Crippen molar-refractivity contribution in [1.29, 1.82) is 0 Å². The molecule has 0 saturated carbocycles. The van der Waals surface area contributed by atoms with Crippen LogP contribution in [0.5, 0.6) is 0 Å². The minimum Gasteiger partial charge on any atom is -0.393 e. The molecule has 0 spiro atoms. The average Bonchev–Trinajstić information content (AvgIpc) is 2.55. The molecule has 3 atom stereocenters. The van der Waals surface area contributed by atoms with E-state index in [2.05, 4.69) is 10.2 Å². The van der Waals surface area contributed by atoms with E-state index in [1.807, 2.05) is 0 Å². The molecule has 3 heterocycles. The molecule has 0 radical (unpaired) electrons. The van der Waals surface area contributed by atoms with Gasteiger partial charge in [0.25, 0.3) is 0 Å². The Morgan fingerprint density at radius 1 is 1.38 bits per heavy atom. The highest BCUT2D eigenvalue weighted by molar-refractivity contribution is 5.05. The van der Waals surface area contributed by atoms with E-state index in [-0.39, 0.29) is 11.6 Å². The summed E-state index contributed by atoms with van der Waals surface area (Å²) in [6.07, 6.45) is 4.26. The third-order valence-corrected chi connectivity index (χ3v) is 4.29. The lowest BCUT2D eigenvalue weighted by Crippen LogP contribution is -2.58. The van der Waals surface area contributed by atoms with Crippen molar-refractivity contribution in [2.75, 3.05) is 32.8 Å². The maximum absolute atomic E-state index is 9.90. The second kappa shape index (κ2) is 4.26. The van der Waals surface area contributed by atoms with E-state index in [1.165, 1.54) is 12.8 Å². The highest BCUT2D eigenvalue weighted by Crippen LogP contribution is 2.36. The quantitative estimate of drug-likeness (QED) is 0.694. The van der Waals surface area contributed by atoms with Gasteiger partial charge in [0.1, 0.15) is 0 Å². The van der Waals surface area contributed by atoms with Crippen LogP contribution in [0.4, 0.5) is 0 Å². The molecule has 0 aromatic rings. The standard InChI is InChI=1S/C12H22N2O2/c15-11-7-10-1-2-12(8-11,13-10)9-14-3-5-16-6-4-14/h10-11,13,15H,1-9H2. The number of piperidine rings is 1. The van der Waals surface area contributed by atoms with Crippen molar-refractivity contribution < 1.29 is 9.84 Å². The smallest absolute Gasteiger partial charge is 0.0594 e. The number of morpholine rings is 1. The fourth-order valence-electron chi connectivity index (χ4n) is 3.60. The molecular weight excluding hydrogens is 204 g/mol. The number of aliphatic hydroxyl groups is 1. The van der Waals surface area contributed by atoms with Gasteiger partial charge in [0.2, 0.25) is 0 Å². The predicted molar refractivity (Wildman–Crippen MR) is 61.4 cm³/mol. The molecule has 3 fully saturated rings. The largest absolute Gasteiger partial charge is 0.393 e. The first-order valence-corrected chi connectivity index (χ1v) is 6.52. The minimum atomic E-state index is -0.0882. The zero-order valence-corrected chi connectivity index (χ0v) is 9.82. The second-order valence-electron chi connectivity index (χ2n) is 5.64. The summed E-state index contributed by atoms with van der Waals surface area (Å²) < 4.78 is 5.38. The van der Waals surface area contributed by atoms with Gasteiger partial charge in [0.05, 0.1) is 19.3 Å². The van der Waals surface area contributed by atoms with Crippen molar-refractivity contribution in [2.45, 2.75) is 43.4 Å². The van der Waals surface area contributed by atoms with E-state index in [9.17, 15) is 5.11 Å². The van der Waals surface area contributed by atoms with Crippen LogP contribution in [0.1, 0.15) is 25.7 Å². The number of hydrogen-bond acceptors (Lipinski definition) is 4. The van der Waals surface area contributed by atoms with Crippen LogP contribution in [-0.4, -0.2) is 60.5 Å². The number of nitrogens with one attached hydrogen (secondary N) is 1. The summed E-state index contributed by atoms with van der Waals surface area (Å²) in [5.41, 5.74) is 0.194. The van der Waals surface area contributed by atoms with Crippen molar-refractivity contribution >= 4 is 0 Å². The van der Waals surface area contributed by atoms with Crippen LogP contribution in [0.2, 0.25) is 0 Å². The van der Waals surface area contributed by atoms with Gasteiger partial charge in [-0.05, 0) is 25.7 Å². The summed E-state index contributed by atoms with van der Waals surface area (Å²) in [4.78, 5) is 2.48. The van der Waals surface area contributed by atoms with Crippen LogP contribution in [0, 0.1) is 0 Å². The molecule has 4 nitrogen and oxygen atoms in total. The Kier molecular flexibility index (Phi) is 2.92. The summed E-state index contributed by atoms with van der Waals surface area (Å²) in [7, 11) is 0. The molecule has 3 aliphatic rings. The predicted octanol–water partition coefficient (Wildman–Crippen LogP) is -0.0359. The monoisotopic (exact) mass is 226 g/mol. The summed E-state index contributed by atoms with van der Waals surface area (Å²) in [6, 6.07) is 0.560. The Hall–Kier alpha value is -0.160. The third-order valence-electron chi connectivity index (χ3n) is 4.29. The van der Waals surface area contributed by atoms with Gasteiger partial charge in [-0.2, -0.15) is 0 Å². The Labute approximate surface area is 97.0 Å². The molecule has 0 aromatic heterocycles. The van der Waals surface area contributed by atoms with Gasteiger partial charge < -0.3 is 15.2 Å². The maximum atomic E-state index is 9.90. The van der Waals surface area contributed by atoms with Crippen LogP contribution in [0.25, 0.3) is 0 Å². The number of ether oxygens (including phenoxy) is 1. The maximum Gasteiger partial charge on any atom is 0.0594 e. The molecule has 0 aliphatic carbocycles. The van der Waals surface area contributed by atoms with Crippen LogP contribution < -0.4 is 5.32 Å². The number of hydrogen-bond donors (Lipinski definition) is 2. The Balaban J connectivity index is 1.63. The van der Waals surface area contributed by atoms with Gasteiger partial charge in [-0.1, -0.05) is 0 Å². The molecule has 3 aliphatic heterocycles. The first kappa shape index (κ1) is 11.0. The molecule has 2 bridgehead atoms. The minimum absolute atomic E-state index is 0.0882. The SMILES string of the molecule is OC1CC2CCC(CN3CCOCC3)(C1)N2. The molecule has 16 heavy (non-hydrogen) atoms. The lowest BCUT2D eigenvalue weighted by atomic mass is 9.88. The van der Waals surface area contributed by atoms with Gasteiger partial charge >= 0.3 is 0 Å². The fourth-order valence-corrected chi connectivity index (χ4v) is 3.60. The molecule has 0 aromatic carbocycles. The van der Waals surface area contributed by atoms with E-state index >= 15 is 0 Å². The fraction of sp³-hybridized carbons (Fsp3) is 1.00. The van der Waals surface area contributed by atoms with E-state index in [0.29, 0.717) is 6.04 Å². The Bertz CT molecular complexity index is 255. The first-order chi connectivity index (χ1) is 7.76. The van der Waals surface area contributed by atoms with Crippen molar-refractivity contribution in [3.8, 4) is 0 Å². The van der Waals surface area contributed by atoms with E-state index in [0.717, 1.165) is 45.7 Å². The van der Waals surface area contributed by atoms with Gasteiger partial charge in [-0.15, -0.1) is 0 Å². The highest BCUT2D eigenvalue weighted by Gasteiger charge is 2.45. The summed E-state index contributed by atoms with van der Waals surface area (Å²) >= 11 is 0. The Morgan fingerprint density at radius 3 is 3.00 bits per heavy atom. The number of aliphatic hydroxyl groups excluding tert-OH is 1. The molecule has 4 heteroatoms. The van der Waals surface area contributed by atoms with Gasteiger partial charge in [0, 0.05) is 31.2 Å². The van der Waals surface area contributed by atoms with Gasteiger partial charge in [0.15, 0.2) is 0 Å². The van der Waals surface area contributed by atoms with Crippen molar-refractivity contribution in [3.05, 3.63) is 0 Å². The summed E-state index contributed by atoms with van der Waals surface area (Å²) in [6.45, 7) is 4.91. The molecular formula is C12H22N2O2. The van der Waals surface area contributed by atoms with Gasteiger partial charge in [-0.25, -0.2) is 0 Å². The molecule has 2 N–H and O–H groups in total. The van der Waals surface area contributed by atoms with Crippen molar-refractivity contribution in [3.63, 3.8) is 0 Å². The number of fused-ring (bicyclic) bond motifs is 2. The second-order valence-corrected chi connectivity index (χ2v) is 5.64. The van der Waals surface area contributed by atoms with Gasteiger partial charge in [-0.3, -0.25) is 4.90 Å². The summed E-state index contributed by atoms with van der Waals surface area (Å²) in [5.74, 6) is 0. The van der Waals surface area contributed by atoms with Crippen LogP contribution in [0.3, 0.4) is 0 Å². The van der Waals surface area contributed by atoms with Crippen molar-refractivity contribution in [2.24, 2.45) is 0 Å². The topological polar surface area (TPSA) is 44.7 Å². The molecule has 3 unspecified atom stereocenters. The number of rotatable bonds is 2. The lowest BCUT2D eigenvalue weighted by molar-refractivity contribution is 0.00904. The summed E-state index contributed by atoms with van der Waals surface area (Å²) in [5, 5.41) is 13.6. The first-order valence-electron chi connectivity index (χ1n) is 6.52. The average molecular weight is 226 g/mol.